The molecule has 1 aromatic rings. The number of nitrogens with one attached hydrogen (secondary N) is 1. The Balaban J connectivity index is 2.45. The van der Waals surface area contributed by atoms with Crippen molar-refractivity contribution in [1.29, 1.82) is 5.26 Å². The van der Waals surface area contributed by atoms with Gasteiger partial charge in [0.05, 0.1) is 23.7 Å². The molecular weight excluding hydrogens is 334 g/mol. The Bertz CT molecular complexity index is 769. The third kappa shape index (κ3) is 3.72. The number of carbonyl (C=O) groups excluding carboxylic acids is 2. The fourth-order valence-corrected chi connectivity index (χ4v) is 3.06. The van der Waals surface area contributed by atoms with Crippen LogP contribution in [0.1, 0.15) is 17.9 Å². The zero-order chi connectivity index (χ0) is 17.7. The highest BCUT2D eigenvalue weighted by Gasteiger charge is 2.33. The molecule has 1 unspecified atom stereocenters. The Labute approximate surface area is 141 Å². The van der Waals surface area contributed by atoms with E-state index >= 15 is 0 Å². The highest BCUT2D eigenvalue weighted by molar-refractivity contribution is 8.13. The molecule has 1 N–H and O–H groups in total. The molecule has 0 spiro atoms. The van der Waals surface area contributed by atoms with Crippen LogP contribution in [-0.4, -0.2) is 29.0 Å². The Hall–Kier alpha value is -2.86. The van der Waals surface area contributed by atoms with Crippen LogP contribution in [0.15, 0.2) is 35.5 Å². The molecule has 8 nitrogen and oxygen atoms in total. The van der Waals surface area contributed by atoms with Crippen LogP contribution in [0.3, 0.4) is 0 Å². The fourth-order valence-electron chi connectivity index (χ4n) is 2.45. The van der Waals surface area contributed by atoms with E-state index in [-0.39, 0.29) is 35.0 Å². The minimum absolute atomic E-state index is 0.0401. The quantitative estimate of drug-likeness (QED) is 0.504. The predicted octanol–water partition coefficient (Wildman–Crippen LogP) is 2.48. The van der Waals surface area contributed by atoms with Gasteiger partial charge in [-0.05, 0) is 11.8 Å². The number of para-hydroxylation sites is 1. The standard InChI is InChI=1S/C15H13N3O5S/c1-23-15(20)24-8-12-11(7-16)10(6-14(19)17-12)9-4-2-3-5-13(9)18(21)22/h2-5,10H,6,8H2,1H3,(H,17,19). The molecule has 0 fully saturated rings. The molecule has 1 aliphatic rings. The van der Waals surface area contributed by atoms with Gasteiger partial charge in [0.2, 0.25) is 5.91 Å². The van der Waals surface area contributed by atoms with Crippen LogP contribution >= 0.6 is 11.8 Å². The summed E-state index contributed by atoms with van der Waals surface area (Å²) in [4.78, 5) is 33.9. The van der Waals surface area contributed by atoms with Crippen molar-refractivity contribution in [2.24, 2.45) is 0 Å². The van der Waals surface area contributed by atoms with E-state index in [0.717, 1.165) is 11.8 Å². The Kier molecular flexibility index (Phi) is 5.55. The molecule has 0 bridgehead atoms. The lowest BCUT2D eigenvalue weighted by Crippen LogP contribution is -2.33. The highest BCUT2D eigenvalue weighted by atomic mass is 32.2. The molecule has 1 aliphatic heterocycles. The molecule has 1 aromatic carbocycles. The second-order valence-corrected chi connectivity index (χ2v) is 5.78. The number of benzene rings is 1. The first-order chi connectivity index (χ1) is 11.5. The molecule has 2 rings (SSSR count). The molecule has 0 aliphatic carbocycles. The number of ether oxygens (including phenoxy) is 1. The Morgan fingerprint density at radius 1 is 1.54 bits per heavy atom. The lowest BCUT2D eigenvalue weighted by Gasteiger charge is -2.25. The van der Waals surface area contributed by atoms with Crippen LogP contribution in [0.2, 0.25) is 0 Å². The van der Waals surface area contributed by atoms with Crippen LogP contribution in [-0.2, 0) is 9.53 Å². The monoisotopic (exact) mass is 347 g/mol. The van der Waals surface area contributed by atoms with Gasteiger partial charge in [-0.3, -0.25) is 14.9 Å². The summed E-state index contributed by atoms with van der Waals surface area (Å²) in [6, 6.07) is 8.01. The van der Waals surface area contributed by atoms with Crippen LogP contribution in [0.25, 0.3) is 0 Å². The highest BCUT2D eigenvalue weighted by Crippen LogP contribution is 2.37. The average molecular weight is 347 g/mol. The van der Waals surface area contributed by atoms with Crippen LogP contribution in [0.4, 0.5) is 10.5 Å². The van der Waals surface area contributed by atoms with Crippen molar-refractivity contribution in [2.45, 2.75) is 12.3 Å². The van der Waals surface area contributed by atoms with Gasteiger partial charge >= 0.3 is 5.30 Å². The number of carbonyl (C=O) groups is 2. The first-order valence-electron chi connectivity index (χ1n) is 6.85. The molecule has 1 atom stereocenters. The fraction of sp³-hybridized carbons (Fsp3) is 0.267. The lowest BCUT2D eigenvalue weighted by molar-refractivity contribution is -0.385. The molecule has 0 aromatic heterocycles. The van der Waals surface area contributed by atoms with E-state index in [2.05, 4.69) is 10.1 Å². The van der Waals surface area contributed by atoms with E-state index in [1.165, 1.54) is 25.3 Å². The van der Waals surface area contributed by atoms with E-state index in [1.807, 2.05) is 6.07 Å². The predicted molar refractivity (Wildman–Crippen MR) is 86.1 cm³/mol. The number of hydrogen-bond acceptors (Lipinski definition) is 7. The first kappa shape index (κ1) is 17.5. The van der Waals surface area contributed by atoms with Crippen LogP contribution < -0.4 is 5.32 Å². The summed E-state index contributed by atoms with van der Waals surface area (Å²) >= 11 is 0.793. The van der Waals surface area contributed by atoms with Crippen LogP contribution in [0.5, 0.6) is 0 Å². The summed E-state index contributed by atoms with van der Waals surface area (Å²) < 4.78 is 4.52. The van der Waals surface area contributed by atoms with Crippen molar-refractivity contribution in [3.63, 3.8) is 0 Å². The molecule has 124 valence electrons. The van der Waals surface area contributed by atoms with Crippen molar-refractivity contribution in [3.8, 4) is 6.07 Å². The normalized spacial score (nSPS) is 17.0. The maximum Gasteiger partial charge on any atom is 0.367 e. The Morgan fingerprint density at radius 2 is 2.25 bits per heavy atom. The summed E-state index contributed by atoms with van der Waals surface area (Å²) in [6.07, 6.45) is -0.0693. The third-order valence-corrected chi connectivity index (χ3v) is 4.32. The zero-order valence-corrected chi connectivity index (χ0v) is 13.5. The average Bonchev–Trinajstić information content (AvgIpc) is 2.58. The van der Waals surface area contributed by atoms with Crippen molar-refractivity contribution in [1.82, 2.24) is 5.32 Å². The molecule has 1 amide bonds. The molecule has 24 heavy (non-hydrogen) atoms. The summed E-state index contributed by atoms with van der Waals surface area (Å²) in [5.41, 5.74) is 0.631. The molecule has 0 saturated heterocycles. The lowest BCUT2D eigenvalue weighted by atomic mass is 9.84. The van der Waals surface area contributed by atoms with Crippen LogP contribution in [0, 0.1) is 21.4 Å². The maximum atomic E-state index is 12.0. The molecular formula is C15H13N3O5S. The van der Waals surface area contributed by atoms with Gasteiger partial charge < -0.3 is 10.1 Å². The van der Waals surface area contributed by atoms with E-state index in [4.69, 9.17) is 0 Å². The smallest absolute Gasteiger partial charge is 0.367 e. The third-order valence-electron chi connectivity index (χ3n) is 3.48. The number of rotatable bonds is 4. The summed E-state index contributed by atoms with van der Waals surface area (Å²) in [7, 11) is 1.23. The second-order valence-electron chi connectivity index (χ2n) is 4.87. The van der Waals surface area contributed by atoms with E-state index in [0.29, 0.717) is 5.56 Å². The second kappa shape index (κ2) is 7.61. The van der Waals surface area contributed by atoms with Crippen molar-refractivity contribution < 1.29 is 19.2 Å². The van der Waals surface area contributed by atoms with Gasteiger partial charge in [0.1, 0.15) is 0 Å². The number of nitriles is 1. The summed E-state index contributed by atoms with van der Waals surface area (Å²) in [6.45, 7) is 0. The number of allylic oxidation sites excluding steroid dienone is 1. The van der Waals surface area contributed by atoms with E-state index in [9.17, 15) is 25.0 Å². The van der Waals surface area contributed by atoms with E-state index in [1.54, 1.807) is 6.07 Å². The van der Waals surface area contributed by atoms with Gasteiger partial charge in [-0.15, -0.1) is 0 Å². The maximum absolute atomic E-state index is 12.0. The number of amides is 1. The zero-order valence-electron chi connectivity index (χ0n) is 12.6. The van der Waals surface area contributed by atoms with Gasteiger partial charge in [-0.25, -0.2) is 4.79 Å². The minimum Gasteiger partial charge on any atom is -0.461 e. The summed E-state index contributed by atoms with van der Waals surface area (Å²) in [5, 5.41) is 22.7. The summed E-state index contributed by atoms with van der Waals surface area (Å²) in [5.74, 6) is -1.05. The number of methoxy groups -OCH3 is 1. The molecule has 0 radical (unpaired) electrons. The van der Waals surface area contributed by atoms with Crippen molar-refractivity contribution in [2.75, 3.05) is 12.9 Å². The van der Waals surface area contributed by atoms with Gasteiger partial charge in [0, 0.05) is 35.4 Å². The largest absolute Gasteiger partial charge is 0.461 e. The van der Waals surface area contributed by atoms with Gasteiger partial charge in [-0.2, -0.15) is 5.26 Å². The SMILES string of the molecule is COC(=O)SCC1=C(C#N)C(c2ccccc2[N+](=O)[O-])CC(=O)N1. The van der Waals surface area contributed by atoms with Gasteiger partial charge in [0.25, 0.3) is 5.69 Å². The first-order valence-corrected chi connectivity index (χ1v) is 7.83. The van der Waals surface area contributed by atoms with Gasteiger partial charge in [-0.1, -0.05) is 18.2 Å². The number of thioether (sulfide) groups is 1. The van der Waals surface area contributed by atoms with Crippen molar-refractivity contribution in [3.05, 3.63) is 51.2 Å². The number of hydrogen-bond donors (Lipinski definition) is 1. The number of nitrogens with zero attached hydrogens (tertiary/aromatic N) is 2. The molecule has 0 saturated carbocycles. The molecule has 9 heteroatoms. The Morgan fingerprint density at radius 3 is 2.88 bits per heavy atom. The topological polar surface area (TPSA) is 122 Å². The number of nitro benzene ring substituents is 1. The van der Waals surface area contributed by atoms with Gasteiger partial charge in [0.15, 0.2) is 0 Å². The number of nitro groups is 1. The minimum atomic E-state index is -0.724. The van der Waals surface area contributed by atoms with Crippen molar-refractivity contribution >= 4 is 28.7 Å². The molecule has 1 heterocycles. The van der Waals surface area contributed by atoms with E-state index < -0.39 is 16.1 Å².